The fourth-order valence-corrected chi connectivity index (χ4v) is 2.95. The van der Waals surface area contributed by atoms with E-state index in [1.54, 1.807) is 12.3 Å². The van der Waals surface area contributed by atoms with Crippen LogP contribution < -0.4 is 10.1 Å². The van der Waals surface area contributed by atoms with E-state index in [1.165, 1.54) is 30.6 Å². The minimum absolute atomic E-state index is 0.291. The van der Waals surface area contributed by atoms with Crippen molar-refractivity contribution in [2.24, 2.45) is 0 Å². The number of benzene rings is 2. The molecule has 1 N–H and O–H groups in total. The molecule has 0 saturated heterocycles. The van der Waals surface area contributed by atoms with Gasteiger partial charge in [0, 0.05) is 17.3 Å². The Balaban J connectivity index is 1.55. The molecule has 4 rings (SSSR count). The third-order valence-electron chi connectivity index (χ3n) is 4.31. The Kier molecular flexibility index (Phi) is 5.09. The number of hydrogen-bond donors (Lipinski definition) is 1. The molecule has 0 spiro atoms. The molecule has 0 unspecified atom stereocenters. The molecule has 0 fully saturated rings. The summed E-state index contributed by atoms with van der Waals surface area (Å²) in [6, 6.07) is 16.9. The van der Waals surface area contributed by atoms with Crippen molar-refractivity contribution in [2.75, 3.05) is 5.32 Å². The van der Waals surface area contributed by atoms with Gasteiger partial charge in [-0.3, -0.25) is 0 Å². The number of hydrogen-bond acceptors (Lipinski definition) is 5. The average molecular weight is 411 g/mol. The lowest BCUT2D eigenvalue weighted by molar-refractivity contribution is -0.274. The summed E-state index contributed by atoms with van der Waals surface area (Å²) in [6.45, 7) is 1.95. The zero-order valence-corrected chi connectivity index (χ0v) is 15.8. The summed E-state index contributed by atoms with van der Waals surface area (Å²) in [4.78, 5) is 8.50. The van der Waals surface area contributed by atoms with E-state index in [1.807, 2.05) is 41.9 Å². The topological polar surface area (TPSA) is 64.9 Å². The van der Waals surface area contributed by atoms with Gasteiger partial charge in [0.15, 0.2) is 0 Å². The molecule has 9 heteroatoms. The highest BCUT2D eigenvalue weighted by Crippen LogP contribution is 2.27. The van der Waals surface area contributed by atoms with Crippen molar-refractivity contribution in [1.29, 1.82) is 0 Å². The Morgan fingerprint density at radius 3 is 2.40 bits per heavy atom. The van der Waals surface area contributed by atoms with Crippen molar-refractivity contribution in [3.05, 3.63) is 78.9 Å². The Morgan fingerprint density at radius 2 is 1.70 bits per heavy atom. The highest BCUT2D eigenvalue weighted by atomic mass is 19.4. The summed E-state index contributed by atoms with van der Waals surface area (Å²) in [5, 5.41) is 7.49. The first-order valence-corrected chi connectivity index (χ1v) is 8.94. The van der Waals surface area contributed by atoms with E-state index >= 15 is 0 Å². The molecule has 4 aromatic rings. The van der Waals surface area contributed by atoms with Gasteiger partial charge in [0.05, 0.1) is 23.3 Å². The SMILES string of the molecule is Cc1c(-c2cc(Nc3ccc(OC(F)(F)F)cc3)ncn2)cnn1-c1ccccc1. The highest BCUT2D eigenvalue weighted by molar-refractivity contribution is 5.67. The minimum Gasteiger partial charge on any atom is -0.406 e. The van der Waals surface area contributed by atoms with Crippen LogP contribution in [0, 0.1) is 6.92 Å². The Bertz CT molecular complexity index is 1140. The zero-order valence-electron chi connectivity index (χ0n) is 15.8. The van der Waals surface area contributed by atoms with Crippen LogP contribution in [0.1, 0.15) is 5.69 Å². The van der Waals surface area contributed by atoms with Gasteiger partial charge >= 0.3 is 6.36 Å². The van der Waals surface area contributed by atoms with Gasteiger partial charge in [-0.15, -0.1) is 13.2 Å². The van der Waals surface area contributed by atoms with Crippen molar-refractivity contribution in [2.45, 2.75) is 13.3 Å². The minimum atomic E-state index is -4.72. The van der Waals surface area contributed by atoms with Gasteiger partial charge in [-0.25, -0.2) is 14.6 Å². The number of aromatic nitrogens is 4. The molecule has 2 aromatic heterocycles. The van der Waals surface area contributed by atoms with Crippen LogP contribution in [0.2, 0.25) is 0 Å². The third kappa shape index (κ3) is 4.40. The second-order valence-corrected chi connectivity index (χ2v) is 6.38. The first-order valence-electron chi connectivity index (χ1n) is 8.94. The van der Waals surface area contributed by atoms with Gasteiger partial charge in [0.1, 0.15) is 17.9 Å². The molecule has 0 bridgehead atoms. The van der Waals surface area contributed by atoms with Crippen LogP contribution >= 0.6 is 0 Å². The third-order valence-corrected chi connectivity index (χ3v) is 4.31. The molecule has 0 aliphatic carbocycles. The van der Waals surface area contributed by atoms with E-state index in [0.717, 1.165) is 16.9 Å². The maximum Gasteiger partial charge on any atom is 0.573 e. The smallest absolute Gasteiger partial charge is 0.406 e. The number of ether oxygens (including phenoxy) is 1. The molecule has 0 saturated carbocycles. The Labute approximate surface area is 170 Å². The second kappa shape index (κ2) is 7.86. The van der Waals surface area contributed by atoms with Crippen molar-refractivity contribution in [1.82, 2.24) is 19.7 Å². The number of para-hydroxylation sites is 1. The first-order chi connectivity index (χ1) is 14.4. The molecule has 0 aliphatic rings. The van der Waals surface area contributed by atoms with E-state index < -0.39 is 6.36 Å². The maximum absolute atomic E-state index is 12.3. The van der Waals surface area contributed by atoms with Crippen LogP contribution in [-0.4, -0.2) is 26.1 Å². The Morgan fingerprint density at radius 1 is 0.967 bits per heavy atom. The van der Waals surface area contributed by atoms with E-state index in [0.29, 0.717) is 17.2 Å². The van der Waals surface area contributed by atoms with E-state index in [9.17, 15) is 13.2 Å². The second-order valence-electron chi connectivity index (χ2n) is 6.38. The van der Waals surface area contributed by atoms with Crippen molar-refractivity contribution in [3.63, 3.8) is 0 Å². The first kappa shape index (κ1) is 19.4. The van der Waals surface area contributed by atoms with Gasteiger partial charge in [-0.05, 0) is 43.3 Å². The summed E-state index contributed by atoms with van der Waals surface area (Å²) in [6.07, 6.45) is -1.58. The van der Waals surface area contributed by atoms with Gasteiger partial charge in [-0.2, -0.15) is 5.10 Å². The number of nitrogens with zero attached hydrogens (tertiary/aromatic N) is 4. The predicted molar refractivity (Wildman–Crippen MR) is 106 cm³/mol. The standard InChI is InChI=1S/C21H16F3N5O/c1-14-18(12-27-29(14)16-5-3-2-4-6-16)19-11-20(26-13-25-19)28-15-7-9-17(10-8-15)30-21(22,23)24/h2-13H,1H3,(H,25,26,28). The highest BCUT2D eigenvalue weighted by Gasteiger charge is 2.30. The molecule has 0 radical (unpaired) electrons. The predicted octanol–water partition coefficient (Wildman–Crippen LogP) is 5.28. The van der Waals surface area contributed by atoms with E-state index in [2.05, 4.69) is 25.1 Å². The Hall–Kier alpha value is -3.88. The van der Waals surface area contributed by atoms with E-state index in [4.69, 9.17) is 0 Å². The molecule has 30 heavy (non-hydrogen) atoms. The molecule has 0 atom stereocenters. The molecule has 2 heterocycles. The average Bonchev–Trinajstić information content (AvgIpc) is 3.11. The maximum atomic E-state index is 12.3. The monoisotopic (exact) mass is 411 g/mol. The summed E-state index contributed by atoms with van der Waals surface area (Å²) < 4.78 is 42.5. The number of nitrogens with one attached hydrogen (secondary N) is 1. The van der Waals surface area contributed by atoms with E-state index in [-0.39, 0.29) is 5.75 Å². The zero-order chi connectivity index (χ0) is 21.1. The van der Waals surface area contributed by atoms with Crippen LogP contribution in [-0.2, 0) is 0 Å². The normalized spacial score (nSPS) is 11.3. The lowest BCUT2D eigenvalue weighted by Crippen LogP contribution is -2.16. The van der Waals surface area contributed by atoms with Gasteiger partial charge in [0.2, 0.25) is 0 Å². The summed E-state index contributed by atoms with van der Waals surface area (Å²) in [7, 11) is 0. The van der Waals surface area contributed by atoms with Crippen molar-refractivity contribution >= 4 is 11.5 Å². The fraction of sp³-hybridized carbons (Fsp3) is 0.0952. The molecular formula is C21H16F3N5O. The number of halogens is 3. The van der Waals surface area contributed by atoms with Crippen LogP contribution in [0.25, 0.3) is 16.9 Å². The summed E-state index contributed by atoms with van der Waals surface area (Å²) in [5.74, 6) is 0.205. The summed E-state index contributed by atoms with van der Waals surface area (Å²) in [5.41, 5.74) is 3.93. The van der Waals surface area contributed by atoms with Gasteiger partial charge in [0.25, 0.3) is 0 Å². The molecule has 6 nitrogen and oxygen atoms in total. The molecule has 152 valence electrons. The van der Waals surface area contributed by atoms with Crippen LogP contribution in [0.4, 0.5) is 24.7 Å². The number of alkyl halides is 3. The quantitative estimate of drug-likeness (QED) is 0.484. The number of anilines is 2. The summed E-state index contributed by atoms with van der Waals surface area (Å²) >= 11 is 0. The van der Waals surface area contributed by atoms with Crippen LogP contribution in [0.15, 0.2) is 73.2 Å². The lowest BCUT2D eigenvalue weighted by atomic mass is 10.2. The molecule has 0 aliphatic heterocycles. The van der Waals surface area contributed by atoms with Crippen LogP contribution in [0.3, 0.4) is 0 Å². The lowest BCUT2D eigenvalue weighted by Gasteiger charge is -2.10. The molecule has 0 amide bonds. The van der Waals surface area contributed by atoms with Crippen LogP contribution in [0.5, 0.6) is 5.75 Å². The van der Waals surface area contributed by atoms with Crippen molar-refractivity contribution < 1.29 is 17.9 Å². The fourth-order valence-electron chi connectivity index (χ4n) is 2.95. The van der Waals surface area contributed by atoms with Crippen molar-refractivity contribution in [3.8, 4) is 22.7 Å². The van der Waals surface area contributed by atoms with Gasteiger partial charge < -0.3 is 10.1 Å². The number of rotatable bonds is 5. The molecular weight excluding hydrogens is 395 g/mol. The molecule has 2 aromatic carbocycles. The largest absolute Gasteiger partial charge is 0.573 e. The van der Waals surface area contributed by atoms with Gasteiger partial charge in [-0.1, -0.05) is 18.2 Å².